The first kappa shape index (κ1) is 14.3. The summed E-state index contributed by atoms with van der Waals surface area (Å²) in [6.07, 6.45) is 1.79. The predicted molar refractivity (Wildman–Crippen MR) is 73.8 cm³/mol. The van der Waals surface area contributed by atoms with E-state index < -0.39 is 0 Å². The van der Waals surface area contributed by atoms with Gasteiger partial charge in [0.05, 0.1) is 7.11 Å². The van der Waals surface area contributed by atoms with Crippen molar-refractivity contribution in [1.29, 1.82) is 0 Å². The van der Waals surface area contributed by atoms with Crippen LogP contribution in [0.3, 0.4) is 0 Å². The van der Waals surface area contributed by atoms with Gasteiger partial charge in [-0.2, -0.15) is 0 Å². The third kappa shape index (κ3) is 5.03. The summed E-state index contributed by atoms with van der Waals surface area (Å²) in [5.41, 5.74) is 1.09. The minimum atomic E-state index is 0.589. The molecule has 2 N–H and O–H groups in total. The van der Waals surface area contributed by atoms with Crippen LogP contribution in [0.15, 0.2) is 23.3 Å². The van der Waals surface area contributed by atoms with E-state index in [1.54, 1.807) is 20.4 Å². The molecule has 0 spiro atoms. The number of aromatic nitrogens is 1. The number of nitrogens with zero attached hydrogens (tertiary/aromatic N) is 2. The fraction of sp³-hybridized carbons (Fsp3) is 0.538. The van der Waals surface area contributed by atoms with Crippen molar-refractivity contribution in [2.24, 2.45) is 10.9 Å². The molecule has 1 heterocycles. The Morgan fingerprint density at radius 2 is 2.17 bits per heavy atom. The van der Waals surface area contributed by atoms with Crippen molar-refractivity contribution in [2.75, 3.05) is 20.7 Å². The summed E-state index contributed by atoms with van der Waals surface area (Å²) in [6, 6.07) is 3.83. The van der Waals surface area contributed by atoms with Gasteiger partial charge in [-0.15, -0.1) is 0 Å². The minimum absolute atomic E-state index is 0.589. The Morgan fingerprint density at radius 3 is 2.67 bits per heavy atom. The van der Waals surface area contributed by atoms with Gasteiger partial charge in [0.25, 0.3) is 0 Å². The van der Waals surface area contributed by atoms with Crippen molar-refractivity contribution >= 4 is 5.96 Å². The summed E-state index contributed by atoms with van der Waals surface area (Å²) in [6.45, 7) is 5.91. The number of ether oxygens (including phenoxy) is 1. The van der Waals surface area contributed by atoms with Gasteiger partial charge in [-0.05, 0) is 11.5 Å². The van der Waals surface area contributed by atoms with Crippen LogP contribution < -0.4 is 15.4 Å². The summed E-state index contributed by atoms with van der Waals surface area (Å²) in [5, 5.41) is 6.49. The number of hydrogen-bond donors (Lipinski definition) is 2. The molecule has 0 saturated heterocycles. The average molecular weight is 250 g/mol. The van der Waals surface area contributed by atoms with E-state index in [-0.39, 0.29) is 0 Å². The molecule has 0 atom stereocenters. The molecule has 0 aromatic carbocycles. The molecule has 0 saturated carbocycles. The Kier molecular flexibility index (Phi) is 5.97. The third-order valence-electron chi connectivity index (χ3n) is 2.37. The van der Waals surface area contributed by atoms with Crippen molar-refractivity contribution in [1.82, 2.24) is 15.6 Å². The number of pyridine rings is 1. The second kappa shape index (κ2) is 7.53. The molecule has 0 radical (unpaired) electrons. The normalized spacial score (nSPS) is 11.5. The quantitative estimate of drug-likeness (QED) is 0.613. The zero-order valence-corrected chi connectivity index (χ0v) is 11.5. The summed E-state index contributed by atoms with van der Waals surface area (Å²) in [7, 11) is 3.37. The highest BCUT2D eigenvalue weighted by Gasteiger charge is 2.00. The molecule has 100 valence electrons. The molecule has 1 aromatic rings. The van der Waals surface area contributed by atoms with Gasteiger partial charge in [-0.3, -0.25) is 4.99 Å². The standard InChI is InChI=1S/C13H22N4O/c1-10(2)7-16-13(14-3)17-9-11-5-6-12(18-4)15-8-11/h5-6,8,10H,7,9H2,1-4H3,(H2,14,16,17). The fourth-order valence-corrected chi connectivity index (χ4v) is 1.34. The molecule has 0 fully saturated rings. The van der Waals surface area contributed by atoms with E-state index in [0.29, 0.717) is 18.3 Å². The zero-order chi connectivity index (χ0) is 13.4. The van der Waals surface area contributed by atoms with Gasteiger partial charge in [0.1, 0.15) is 0 Å². The van der Waals surface area contributed by atoms with Crippen LogP contribution in [0.5, 0.6) is 5.88 Å². The van der Waals surface area contributed by atoms with Gasteiger partial charge < -0.3 is 15.4 Å². The molecule has 1 rings (SSSR count). The molecule has 5 nitrogen and oxygen atoms in total. The second-order valence-corrected chi connectivity index (χ2v) is 4.41. The Morgan fingerprint density at radius 1 is 1.39 bits per heavy atom. The van der Waals surface area contributed by atoms with E-state index in [4.69, 9.17) is 4.74 Å². The summed E-state index contributed by atoms with van der Waals surface area (Å²) >= 11 is 0. The highest BCUT2D eigenvalue weighted by atomic mass is 16.5. The van der Waals surface area contributed by atoms with Crippen LogP contribution in [0.25, 0.3) is 0 Å². The topological polar surface area (TPSA) is 58.5 Å². The van der Waals surface area contributed by atoms with E-state index in [2.05, 4.69) is 34.5 Å². The summed E-state index contributed by atoms with van der Waals surface area (Å²) in [5.74, 6) is 2.02. The van der Waals surface area contributed by atoms with Crippen LogP contribution in [0, 0.1) is 5.92 Å². The SMILES string of the molecule is CN=C(NCc1ccc(OC)nc1)NCC(C)C. The van der Waals surface area contributed by atoms with Crippen LogP contribution >= 0.6 is 0 Å². The molecule has 18 heavy (non-hydrogen) atoms. The Balaban J connectivity index is 2.42. The van der Waals surface area contributed by atoms with Crippen LogP contribution in [0.1, 0.15) is 19.4 Å². The van der Waals surface area contributed by atoms with Gasteiger partial charge in [0.15, 0.2) is 5.96 Å². The predicted octanol–water partition coefficient (Wildman–Crippen LogP) is 1.41. The van der Waals surface area contributed by atoms with Crippen molar-refractivity contribution < 1.29 is 4.74 Å². The second-order valence-electron chi connectivity index (χ2n) is 4.41. The van der Waals surface area contributed by atoms with Gasteiger partial charge >= 0.3 is 0 Å². The van der Waals surface area contributed by atoms with E-state index in [9.17, 15) is 0 Å². The van der Waals surface area contributed by atoms with Crippen molar-refractivity contribution in [3.05, 3.63) is 23.9 Å². The molecule has 1 aromatic heterocycles. The van der Waals surface area contributed by atoms with E-state index >= 15 is 0 Å². The minimum Gasteiger partial charge on any atom is -0.481 e. The number of guanidine groups is 1. The molecule has 5 heteroatoms. The lowest BCUT2D eigenvalue weighted by Crippen LogP contribution is -2.38. The lowest BCUT2D eigenvalue weighted by atomic mass is 10.2. The lowest BCUT2D eigenvalue weighted by molar-refractivity contribution is 0.397. The lowest BCUT2D eigenvalue weighted by Gasteiger charge is -2.13. The van der Waals surface area contributed by atoms with E-state index in [1.165, 1.54) is 0 Å². The maximum absolute atomic E-state index is 5.01. The van der Waals surface area contributed by atoms with Crippen molar-refractivity contribution in [3.8, 4) is 5.88 Å². The maximum Gasteiger partial charge on any atom is 0.212 e. The molecule has 0 aliphatic carbocycles. The molecule has 0 aliphatic heterocycles. The zero-order valence-electron chi connectivity index (χ0n) is 11.5. The first-order chi connectivity index (χ1) is 8.65. The first-order valence-electron chi connectivity index (χ1n) is 6.09. The summed E-state index contributed by atoms with van der Waals surface area (Å²) < 4.78 is 5.01. The first-order valence-corrected chi connectivity index (χ1v) is 6.09. The van der Waals surface area contributed by atoms with Gasteiger partial charge in [0.2, 0.25) is 5.88 Å². The molecule has 0 unspecified atom stereocenters. The van der Waals surface area contributed by atoms with E-state index in [1.807, 2.05) is 12.1 Å². The highest BCUT2D eigenvalue weighted by Crippen LogP contribution is 2.05. The number of aliphatic imine (C=N–C) groups is 1. The van der Waals surface area contributed by atoms with Gasteiger partial charge in [-0.1, -0.05) is 19.9 Å². The van der Waals surface area contributed by atoms with E-state index in [0.717, 1.165) is 18.1 Å². The van der Waals surface area contributed by atoms with Crippen LogP contribution in [0.2, 0.25) is 0 Å². The van der Waals surface area contributed by atoms with Crippen LogP contribution in [-0.4, -0.2) is 31.6 Å². The largest absolute Gasteiger partial charge is 0.481 e. The Hall–Kier alpha value is -1.78. The molecular weight excluding hydrogens is 228 g/mol. The number of rotatable bonds is 5. The molecule has 0 aliphatic rings. The number of nitrogens with one attached hydrogen (secondary N) is 2. The monoisotopic (exact) mass is 250 g/mol. The fourth-order valence-electron chi connectivity index (χ4n) is 1.34. The summed E-state index contributed by atoms with van der Waals surface area (Å²) in [4.78, 5) is 8.31. The molecule has 0 amide bonds. The Labute approximate surface area is 109 Å². The number of methoxy groups -OCH3 is 1. The van der Waals surface area contributed by atoms with Gasteiger partial charge in [-0.25, -0.2) is 4.98 Å². The third-order valence-corrected chi connectivity index (χ3v) is 2.37. The average Bonchev–Trinajstić information content (AvgIpc) is 2.39. The smallest absolute Gasteiger partial charge is 0.212 e. The van der Waals surface area contributed by atoms with Gasteiger partial charge in [0, 0.05) is 32.4 Å². The van der Waals surface area contributed by atoms with Crippen LogP contribution in [-0.2, 0) is 6.54 Å². The molecular formula is C13H22N4O. The number of hydrogen-bond acceptors (Lipinski definition) is 3. The Bertz CT molecular complexity index is 373. The maximum atomic E-state index is 5.01. The van der Waals surface area contributed by atoms with Crippen LogP contribution in [0.4, 0.5) is 0 Å². The van der Waals surface area contributed by atoms with Crippen molar-refractivity contribution in [2.45, 2.75) is 20.4 Å². The van der Waals surface area contributed by atoms with Crippen molar-refractivity contribution in [3.63, 3.8) is 0 Å². The highest BCUT2D eigenvalue weighted by molar-refractivity contribution is 5.79. The molecule has 0 bridgehead atoms.